The lowest BCUT2D eigenvalue weighted by Crippen LogP contribution is -2.45. The van der Waals surface area contributed by atoms with E-state index in [9.17, 15) is 0 Å². The number of thiophene rings is 1. The van der Waals surface area contributed by atoms with Gasteiger partial charge in [-0.25, -0.2) is 0 Å². The Kier molecular flexibility index (Phi) is 4.42. The van der Waals surface area contributed by atoms with E-state index in [0.29, 0.717) is 0 Å². The molecule has 2 aliphatic rings. The van der Waals surface area contributed by atoms with Gasteiger partial charge in [-0.05, 0) is 56.4 Å². The van der Waals surface area contributed by atoms with Gasteiger partial charge in [-0.3, -0.25) is 9.88 Å². The summed E-state index contributed by atoms with van der Waals surface area (Å²) in [6.45, 7) is 8.07. The van der Waals surface area contributed by atoms with Gasteiger partial charge >= 0.3 is 0 Å². The van der Waals surface area contributed by atoms with Crippen LogP contribution in [0.5, 0.6) is 0 Å². The summed E-state index contributed by atoms with van der Waals surface area (Å²) in [5.41, 5.74) is 4.88. The Labute approximate surface area is 152 Å². The molecule has 1 fully saturated rings. The first-order valence-corrected chi connectivity index (χ1v) is 9.83. The van der Waals surface area contributed by atoms with Crippen molar-refractivity contribution >= 4 is 22.9 Å². The van der Waals surface area contributed by atoms with Crippen LogP contribution in [-0.4, -0.2) is 29.6 Å². The van der Waals surface area contributed by atoms with Gasteiger partial charge in [-0.1, -0.05) is 17.7 Å². The molecule has 2 aliphatic heterocycles. The lowest BCUT2D eigenvalue weighted by molar-refractivity contribution is -0.0961. The van der Waals surface area contributed by atoms with E-state index < -0.39 is 0 Å². The highest BCUT2D eigenvalue weighted by Gasteiger charge is 2.42. The zero-order valence-electron chi connectivity index (χ0n) is 14.3. The molecule has 0 radical (unpaired) electrons. The highest BCUT2D eigenvalue weighted by molar-refractivity contribution is 7.16. The van der Waals surface area contributed by atoms with Crippen molar-refractivity contribution in [2.45, 2.75) is 45.3 Å². The molecular formula is C19H23ClN2OS. The van der Waals surface area contributed by atoms with Crippen molar-refractivity contribution in [1.82, 2.24) is 9.88 Å². The van der Waals surface area contributed by atoms with Crippen molar-refractivity contribution in [2.24, 2.45) is 0 Å². The van der Waals surface area contributed by atoms with E-state index in [0.717, 1.165) is 61.2 Å². The van der Waals surface area contributed by atoms with Crippen LogP contribution in [0, 0.1) is 13.8 Å². The molecule has 0 saturated carbocycles. The van der Waals surface area contributed by atoms with Gasteiger partial charge in [0.1, 0.15) is 5.60 Å². The van der Waals surface area contributed by atoms with Gasteiger partial charge in [0.2, 0.25) is 0 Å². The second kappa shape index (κ2) is 6.41. The van der Waals surface area contributed by atoms with Crippen LogP contribution in [0.2, 0.25) is 4.34 Å². The summed E-state index contributed by atoms with van der Waals surface area (Å²) in [5.74, 6) is 0. The van der Waals surface area contributed by atoms with Crippen LogP contribution in [-0.2, 0) is 23.3 Å². The molecule has 3 nitrogen and oxygen atoms in total. The molecule has 4 rings (SSSR count). The molecule has 0 bridgehead atoms. The average Bonchev–Trinajstić information content (AvgIpc) is 2.94. The summed E-state index contributed by atoms with van der Waals surface area (Å²) >= 11 is 7.98. The van der Waals surface area contributed by atoms with Gasteiger partial charge in [-0.15, -0.1) is 11.3 Å². The quantitative estimate of drug-likeness (QED) is 0.787. The Hall–Kier alpha value is -0.940. The summed E-state index contributed by atoms with van der Waals surface area (Å²) in [4.78, 5) is 8.50. The van der Waals surface area contributed by atoms with E-state index in [1.807, 2.05) is 6.92 Å². The fourth-order valence-corrected chi connectivity index (χ4v) is 5.46. The second-order valence-electron chi connectivity index (χ2n) is 6.97. The van der Waals surface area contributed by atoms with Crippen molar-refractivity contribution in [3.8, 4) is 0 Å². The number of aryl methyl sites for hydroxylation is 2. The van der Waals surface area contributed by atoms with Crippen molar-refractivity contribution in [3.63, 3.8) is 0 Å². The Morgan fingerprint density at radius 2 is 2.08 bits per heavy atom. The number of ether oxygens (including phenoxy) is 1. The molecule has 0 aliphatic carbocycles. The van der Waals surface area contributed by atoms with Crippen LogP contribution in [0.15, 0.2) is 18.2 Å². The number of piperidine rings is 1. The molecule has 4 heterocycles. The summed E-state index contributed by atoms with van der Waals surface area (Å²) in [7, 11) is 0. The average molecular weight is 363 g/mol. The third-order valence-electron chi connectivity index (χ3n) is 5.33. The Bertz CT molecular complexity index is 750. The van der Waals surface area contributed by atoms with Crippen LogP contribution in [0.25, 0.3) is 0 Å². The molecule has 2 aromatic rings. The minimum Gasteiger partial charge on any atom is -0.369 e. The van der Waals surface area contributed by atoms with Gasteiger partial charge in [0.15, 0.2) is 0 Å². The van der Waals surface area contributed by atoms with Crippen molar-refractivity contribution in [1.29, 1.82) is 0 Å². The fraction of sp³-hybridized carbons (Fsp3) is 0.526. The SMILES string of the molecule is Cc1ccc(CN2CCC3(CC2)OCCc2cc(Cl)sc23)c(C)n1. The number of hydrogen-bond acceptors (Lipinski definition) is 4. The number of pyridine rings is 1. The Morgan fingerprint density at radius 1 is 1.29 bits per heavy atom. The van der Waals surface area contributed by atoms with Crippen LogP contribution >= 0.6 is 22.9 Å². The van der Waals surface area contributed by atoms with E-state index in [1.54, 1.807) is 11.3 Å². The number of rotatable bonds is 2. The molecule has 0 unspecified atom stereocenters. The van der Waals surface area contributed by atoms with Crippen LogP contribution in [0.4, 0.5) is 0 Å². The monoisotopic (exact) mass is 362 g/mol. The molecule has 2 aromatic heterocycles. The molecule has 1 spiro atoms. The van der Waals surface area contributed by atoms with Gasteiger partial charge in [0.25, 0.3) is 0 Å². The van der Waals surface area contributed by atoms with E-state index in [2.05, 4.69) is 35.0 Å². The maximum absolute atomic E-state index is 6.30. The lowest BCUT2D eigenvalue weighted by Gasteiger charge is -2.43. The maximum Gasteiger partial charge on any atom is 0.105 e. The molecule has 5 heteroatoms. The van der Waals surface area contributed by atoms with Gasteiger partial charge < -0.3 is 4.74 Å². The summed E-state index contributed by atoms with van der Waals surface area (Å²) in [5, 5.41) is 0. The molecule has 128 valence electrons. The number of halogens is 1. The van der Waals surface area contributed by atoms with Crippen molar-refractivity contribution in [2.75, 3.05) is 19.7 Å². The first-order valence-electron chi connectivity index (χ1n) is 8.64. The number of aromatic nitrogens is 1. The Morgan fingerprint density at radius 3 is 2.83 bits per heavy atom. The van der Waals surface area contributed by atoms with Gasteiger partial charge in [0, 0.05) is 35.9 Å². The number of nitrogens with zero attached hydrogens (tertiary/aromatic N) is 2. The number of fused-ring (bicyclic) bond motifs is 2. The smallest absolute Gasteiger partial charge is 0.105 e. The van der Waals surface area contributed by atoms with Crippen molar-refractivity contribution in [3.05, 3.63) is 49.9 Å². The molecule has 1 saturated heterocycles. The topological polar surface area (TPSA) is 25.4 Å². The normalized spacial score (nSPS) is 20.3. The molecule has 0 atom stereocenters. The van der Waals surface area contributed by atoms with E-state index in [4.69, 9.17) is 16.3 Å². The summed E-state index contributed by atoms with van der Waals surface area (Å²) < 4.78 is 7.19. The summed E-state index contributed by atoms with van der Waals surface area (Å²) in [6, 6.07) is 6.47. The second-order valence-corrected chi connectivity index (χ2v) is 8.65. The third kappa shape index (κ3) is 3.01. The molecule has 0 N–H and O–H groups in total. The standard InChI is InChI=1S/C19H23ClN2OS/c1-13-3-4-16(14(2)21-13)12-22-8-6-19(7-9-22)18-15(5-10-23-19)11-17(20)24-18/h3-4,11H,5-10,12H2,1-2H3. The number of likely N-dealkylation sites (tertiary alicyclic amines) is 1. The van der Waals surface area contributed by atoms with E-state index in [1.165, 1.54) is 16.0 Å². The highest BCUT2D eigenvalue weighted by Crippen LogP contribution is 2.46. The molecule has 24 heavy (non-hydrogen) atoms. The van der Waals surface area contributed by atoms with Crippen LogP contribution < -0.4 is 0 Å². The van der Waals surface area contributed by atoms with Crippen LogP contribution in [0.1, 0.15) is 40.2 Å². The minimum absolute atomic E-state index is 0.0948. The Balaban J connectivity index is 1.47. The zero-order chi connectivity index (χ0) is 16.7. The van der Waals surface area contributed by atoms with Gasteiger partial charge in [-0.2, -0.15) is 0 Å². The molecule has 0 amide bonds. The first kappa shape index (κ1) is 16.5. The molecule has 0 aromatic carbocycles. The van der Waals surface area contributed by atoms with Crippen LogP contribution in [0.3, 0.4) is 0 Å². The lowest BCUT2D eigenvalue weighted by atomic mass is 9.85. The fourth-order valence-electron chi connectivity index (χ4n) is 3.96. The largest absolute Gasteiger partial charge is 0.369 e. The zero-order valence-corrected chi connectivity index (χ0v) is 15.8. The predicted molar refractivity (Wildman–Crippen MR) is 98.9 cm³/mol. The van der Waals surface area contributed by atoms with E-state index in [-0.39, 0.29) is 5.60 Å². The minimum atomic E-state index is -0.0948. The first-order chi connectivity index (χ1) is 11.6. The predicted octanol–water partition coefficient (Wildman–Crippen LogP) is 4.48. The third-order valence-corrected chi connectivity index (χ3v) is 6.83. The maximum atomic E-state index is 6.30. The van der Waals surface area contributed by atoms with E-state index >= 15 is 0 Å². The number of hydrogen-bond donors (Lipinski definition) is 0. The van der Waals surface area contributed by atoms with Crippen molar-refractivity contribution < 1.29 is 4.74 Å². The summed E-state index contributed by atoms with van der Waals surface area (Å²) in [6.07, 6.45) is 3.10. The molecular weight excluding hydrogens is 340 g/mol. The van der Waals surface area contributed by atoms with Gasteiger partial charge in [0.05, 0.1) is 10.9 Å². The highest BCUT2D eigenvalue weighted by atomic mass is 35.5.